The Hall–Kier alpha value is -3.80. The van der Waals surface area contributed by atoms with Crippen molar-refractivity contribution in [3.63, 3.8) is 0 Å². The van der Waals surface area contributed by atoms with Gasteiger partial charge in [0.05, 0.1) is 25.0 Å². The van der Waals surface area contributed by atoms with Crippen LogP contribution in [0, 0.1) is 6.92 Å². The zero-order valence-electron chi connectivity index (χ0n) is 18.6. The Labute approximate surface area is 187 Å². The molecular weight excluding hydrogens is 404 g/mol. The Morgan fingerprint density at radius 1 is 1.06 bits per heavy atom. The first-order valence-corrected chi connectivity index (χ1v) is 10.4. The summed E-state index contributed by atoms with van der Waals surface area (Å²) in [4.78, 5) is 27.9. The number of carbonyl (C=O) groups is 2. The number of carbonyl (C=O) groups excluding carboxylic acids is 2. The molecule has 1 N–H and O–H groups in total. The molecule has 2 amide bonds. The lowest BCUT2D eigenvalue weighted by Crippen LogP contribution is -2.52. The highest BCUT2D eigenvalue weighted by atomic mass is 16.5. The molecule has 4 rings (SSSR count). The number of nitrogens with one attached hydrogen (secondary N) is 1. The summed E-state index contributed by atoms with van der Waals surface area (Å²) >= 11 is 0. The van der Waals surface area contributed by atoms with E-state index in [0.717, 1.165) is 11.1 Å². The van der Waals surface area contributed by atoms with Crippen molar-refractivity contribution >= 4 is 23.2 Å². The lowest BCUT2D eigenvalue weighted by molar-refractivity contribution is -0.132. The number of hydrogen-bond acceptors (Lipinski definition) is 4. The van der Waals surface area contributed by atoms with Gasteiger partial charge in [-0.15, -0.1) is 0 Å². The van der Waals surface area contributed by atoms with Gasteiger partial charge in [0, 0.05) is 5.56 Å². The van der Waals surface area contributed by atoms with Crippen LogP contribution in [0.2, 0.25) is 0 Å². The van der Waals surface area contributed by atoms with Crippen molar-refractivity contribution in [2.24, 2.45) is 0 Å². The molecule has 0 bridgehead atoms. The molecule has 32 heavy (non-hydrogen) atoms. The largest absolute Gasteiger partial charge is 0.495 e. The van der Waals surface area contributed by atoms with Gasteiger partial charge in [0.1, 0.15) is 11.5 Å². The average Bonchev–Trinajstić information content (AvgIpc) is 2.78. The Morgan fingerprint density at radius 2 is 1.78 bits per heavy atom. The fourth-order valence-corrected chi connectivity index (χ4v) is 3.68. The lowest BCUT2D eigenvalue weighted by atomic mass is 10.0. The first-order chi connectivity index (χ1) is 15.3. The quantitative estimate of drug-likeness (QED) is 0.621. The predicted octanol–water partition coefficient (Wildman–Crippen LogP) is 4.96. The van der Waals surface area contributed by atoms with Crippen LogP contribution >= 0.6 is 0 Å². The van der Waals surface area contributed by atoms with Gasteiger partial charge < -0.3 is 19.7 Å². The topological polar surface area (TPSA) is 67.9 Å². The fourth-order valence-electron chi connectivity index (χ4n) is 3.68. The maximum atomic E-state index is 13.2. The Morgan fingerprint density at radius 3 is 2.50 bits per heavy atom. The molecule has 0 unspecified atom stereocenters. The van der Waals surface area contributed by atoms with E-state index in [0.29, 0.717) is 35.0 Å². The molecule has 0 aliphatic carbocycles. The van der Waals surface area contributed by atoms with Crippen LogP contribution in [0.1, 0.15) is 35.3 Å². The molecule has 6 heteroatoms. The van der Waals surface area contributed by atoms with Crippen molar-refractivity contribution in [2.45, 2.75) is 32.9 Å². The number of hydrogen-bond donors (Lipinski definition) is 1. The number of aryl methyl sites for hydroxylation is 1. The predicted molar refractivity (Wildman–Crippen MR) is 124 cm³/mol. The summed E-state index contributed by atoms with van der Waals surface area (Å²) in [5.41, 5.74) is 2.71. The van der Waals surface area contributed by atoms with E-state index in [1.165, 1.54) is 0 Å². The Balaban J connectivity index is 1.68. The van der Waals surface area contributed by atoms with Crippen LogP contribution in [0.5, 0.6) is 11.5 Å². The molecule has 0 radical (unpaired) electrons. The first kappa shape index (κ1) is 21.4. The van der Waals surface area contributed by atoms with E-state index in [4.69, 9.17) is 9.47 Å². The zero-order valence-corrected chi connectivity index (χ0v) is 18.6. The molecule has 0 saturated carbocycles. The molecule has 6 nitrogen and oxygen atoms in total. The number of ether oxygens (including phenoxy) is 2. The maximum Gasteiger partial charge on any atom is 0.271 e. The minimum Gasteiger partial charge on any atom is -0.495 e. The number of methoxy groups -OCH3 is 1. The molecular formula is C26H26N2O4. The minimum absolute atomic E-state index is 0.159. The van der Waals surface area contributed by atoms with Gasteiger partial charge in [0.15, 0.2) is 5.60 Å². The molecule has 0 saturated heterocycles. The first-order valence-electron chi connectivity index (χ1n) is 10.4. The normalized spacial score (nSPS) is 14.4. The number of amides is 2. The summed E-state index contributed by atoms with van der Waals surface area (Å²) in [5.74, 6) is 0.674. The van der Waals surface area contributed by atoms with E-state index in [1.54, 1.807) is 56.2 Å². The molecule has 0 atom stereocenters. The second-order valence-corrected chi connectivity index (χ2v) is 8.33. The highest BCUT2D eigenvalue weighted by Crippen LogP contribution is 2.39. The summed E-state index contributed by atoms with van der Waals surface area (Å²) in [5, 5.41) is 2.87. The van der Waals surface area contributed by atoms with E-state index in [1.807, 2.05) is 43.3 Å². The monoisotopic (exact) mass is 430 g/mol. The number of rotatable bonds is 5. The van der Waals surface area contributed by atoms with Gasteiger partial charge in [-0.05, 0) is 56.7 Å². The van der Waals surface area contributed by atoms with E-state index >= 15 is 0 Å². The van der Waals surface area contributed by atoms with Crippen molar-refractivity contribution < 1.29 is 19.1 Å². The molecule has 0 spiro atoms. The maximum absolute atomic E-state index is 13.2. The van der Waals surface area contributed by atoms with E-state index in [-0.39, 0.29) is 11.8 Å². The van der Waals surface area contributed by atoms with Gasteiger partial charge >= 0.3 is 0 Å². The SMILES string of the molecule is COc1ccccc1NC(=O)c1ccc2c(c1)N(Cc1ccc(C)cc1)C(=O)C(C)(C)O2. The van der Waals surface area contributed by atoms with Crippen molar-refractivity contribution in [1.82, 2.24) is 0 Å². The van der Waals surface area contributed by atoms with Crippen molar-refractivity contribution in [3.8, 4) is 11.5 Å². The van der Waals surface area contributed by atoms with Gasteiger partial charge in [-0.3, -0.25) is 9.59 Å². The van der Waals surface area contributed by atoms with Gasteiger partial charge in [-0.1, -0.05) is 42.0 Å². The van der Waals surface area contributed by atoms with Gasteiger partial charge in [-0.2, -0.15) is 0 Å². The van der Waals surface area contributed by atoms with Gasteiger partial charge in [-0.25, -0.2) is 0 Å². The molecule has 3 aromatic rings. The van der Waals surface area contributed by atoms with E-state index < -0.39 is 5.60 Å². The van der Waals surface area contributed by atoms with Crippen LogP contribution in [0.25, 0.3) is 0 Å². The second-order valence-electron chi connectivity index (χ2n) is 8.33. The highest BCUT2D eigenvalue weighted by molar-refractivity contribution is 6.08. The van der Waals surface area contributed by atoms with Crippen LogP contribution < -0.4 is 19.7 Å². The summed E-state index contributed by atoms with van der Waals surface area (Å²) in [6, 6.07) is 20.4. The summed E-state index contributed by atoms with van der Waals surface area (Å²) in [6.45, 7) is 5.91. The minimum atomic E-state index is -1.00. The van der Waals surface area contributed by atoms with Crippen LogP contribution in [0.15, 0.2) is 66.7 Å². The second kappa shape index (κ2) is 8.38. The lowest BCUT2D eigenvalue weighted by Gasteiger charge is -2.39. The van der Waals surface area contributed by atoms with Crippen molar-refractivity contribution in [1.29, 1.82) is 0 Å². The summed E-state index contributed by atoms with van der Waals surface area (Å²) < 4.78 is 11.3. The Kier molecular flexibility index (Phi) is 5.61. The van der Waals surface area contributed by atoms with Crippen molar-refractivity contribution in [2.75, 3.05) is 17.3 Å². The fraction of sp³-hybridized carbons (Fsp3) is 0.231. The zero-order chi connectivity index (χ0) is 22.9. The summed E-state index contributed by atoms with van der Waals surface area (Å²) in [7, 11) is 1.55. The number of anilines is 2. The molecule has 3 aromatic carbocycles. The average molecular weight is 431 g/mol. The number of nitrogens with zero attached hydrogens (tertiary/aromatic N) is 1. The Bertz CT molecular complexity index is 1170. The molecule has 1 aliphatic heterocycles. The number of fused-ring (bicyclic) bond motifs is 1. The highest BCUT2D eigenvalue weighted by Gasteiger charge is 2.41. The molecule has 0 fully saturated rings. The molecule has 1 aliphatic rings. The smallest absolute Gasteiger partial charge is 0.271 e. The number of para-hydroxylation sites is 2. The van der Waals surface area contributed by atoms with Crippen LogP contribution in [-0.2, 0) is 11.3 Å². The van der Waals surface area contributed by atoms with Gasteiger partial charge in [0.25, 0.3) is 11.8 Å². The standard InChI is InChI=1S/C26H26N2O4/c1-17-9-11-18(12-10-17)16-28-21-15-19(13-14-23(21)32-26(2,3)25(28)30)24(29)27-20-7-5-6-8-22(20)31-4/h5-15H,16H2,1-4H3,(H,27,29). The molecule has 0 aromatic heterocycles. The van der Waals surface area contributed by atoms with E-state index in [9.17, 15) is 9.59 Å². The van der Waals surface area contributed by atoms with Crippen LogP contribution in [0.4, 0.5) is 11.4 Å². The summed E-state index contributed by atoms with van der Waals surface area (Å²) in [6.07, 6.45) is 0. The third-order valence-electron chi connectivity index (χ3n) is 5.45. The van der Waals surface area contributed by atoms with Crippen LogP contribution in [-0.4, -0.2) is 24.5 Å². The third kappa shape index (κ3) is 4.17. The molecule has 1 heterocycles. The van der Waals surface area contributed by atoms with Crippen LogP contribution in [0.3, 0.4) is 0 Å². The third-order valence-corrected chi connectivity index (χ3v) is 5.45. The number of benzene rings is 3. The van der Waals surface area contributed by atoms with E-state index in [2.05, 4.69) is 5.32 Å². The van der Waals surface area contributed by atoms with Gasteiger partial charge in [0.2, 0.25) is 0 Å². The molecule has 164 valence electrons. The van der Waals surface area contributed by atoms with Crippen molar-refractivity contribution in [3.05, 3.63) is 83.4 Å².